The summed E-state index contributed by atoms with van der Waals surface area (Å²) in [5.74, 6) is 1.17. The number of aromatic nitrogens is 2. The van der Waals surface area contributed by atoms with Gasteiger partial charge in [-0.3, -0.25) is 9.10 Å². The monoisotopic (exact) mass is 496 g/mol. The molecule has 1 amide bonds. The largest absolute Gasteiger partial charge is 0.344 e. The van der Waals surface area contributed by atoms with Gasteiger partial charge in [0.15, 0.2) is 5.82 Å². The van der Waals surface area contributed by atoms with E-state index < -0.39 is 16.1 Å². The Labute approximate surface area is 206 Å². The summed E-state index contributed by atoms with van der Waals surface area (Å²) >= 11 is 0. The molecule has 0 aliphatic heterocycles. The van der Waals surface area contributed by atoms with Crippen molar-refractivity contribution in [2.24, 2.45) is 5.92 Å². The number of aryl methyl sites for hydroxylation is 2. The van der Waals surface area contributed by atoms with Crippen molar-refractivity contribution in [2.75, 3.05) is 10.8 Å². The van der Waals surface area contributed by atoms with Crippen LogP contribution in [0.15, 0.2) is 57.9 Å². The van der Waals surface area contributed by atoms with Crippen LogP contribution < -0.4 is 9.62 Å². The third kappa shape index (κ3) is 5.90. The molecule has 9 heteroatoms. The summed E-state index contributed by atoms with van der Waals surface area (Å²) in [6.45, 7) is 7.76. The van der Waals surface area contributed by atoms with Gasteiger partial charge in [0.25, 0.3) is 10.0 Å². The predicted octanol–water partition coefficient (Wildman–Crippen LogP) is 4.66. The highest BCUT2D eigenvalue weighted by atomic mass is 32.2. The minimum atomic E-state index is -3.86. The van der Waals surface area contributed by atoms with Crippen LogP contribution in [-0.2, 0) is 14.8 Å². The molecule has 1 unspecified atom stereocenters. The van der Waals surface area contributed by atoms with Crippen LogP contribution in [0.1, 0.15) is 67.9 Å². The second-order valence-electron chi connectivity index (χ2n) is 9.53. The molecule has 186 valence electrons. The van der Waals surface area contributed by atoms with Gasteiger partial charge in [-0.05, 0) is 56.9 Å². The molecule has 0 spiro atoms. The lowest BCUT2D eigenvalue weighted by Gasteiger charge is -2.25. The van der Waals surface area contributed by atoms with Crippen molar-refractivity contribution < 1.29 is 17.7 Å². The molecule has 1 heterocycles. The minimum absolute atomic E-state index is 0.00687. The number of amides is 1. The summed E-state index contributed by atoms with van der Waals surface area (Å²) in [7, 11) is -3.86. The van der Waals surface area contributed by atoms with E-state index in [0.717, 1.165) is 24.0 Å². The summed E-state index contributed by atoms with van der Waals surface area (Å²) in [6, 6.07) is 13.5. The molecule has 0 radical (unpaired) electrons. The molecule has 1 atom stereocenters. The molecule has 35 heavy (non-hydrogen) atoms. The molecule has 3 aromatic rings. The first-order valence-corrected chi connectivity index (χ1v) is 13.4. The second-order valence-corrected chi connectivity index (χ2v) is 11.4. The Morgan fingerprint density at radius 1 is 1.06 bits per heavy atom. The standard InChI is InChI=1S/C26H32N4O4S/c1-17(2)24(26-28-25(29-34-26)20-9-10-20)27-23(31)15-16-30(21-11-5-18(3)6-12-21)35(32,33)22-13-7-19(4)8-14-22/h5-8,11-14,17,20,24H,9-10,15-16H2,1-4H3,(H,27,31). The van der Waals surface area contributed by atoms with Crippen LogP contribution in [-0.4, -0.2) is 31.0 Å². The molecule has 1 aromatic heterocycles. The molecule has 1 saturated carbocycles. The number of anilines is 1. The SMILES string of the molecule is Cc1ccc(N(CCC(=O)NC(c2nc(C3CC3)no2)C(C)C)S(=O)(=O)c2ccc(C)cc2)cc1. The fourth-order valence-corrected chi connectivity index (χ4v) is 5.25. The Hall–Kier alpha value is -3.20. The van der Waals surface area contributed by atoms with Gasteiger partial charge in [0, 0.05) is 18.9 Å². The van der Waals surface area contributed by atoms with E-state index in [1.807, 2.05) is 39.8 Å². The normalized spacial score (nSPS) is 14.7. The number of nitrogens with zero attached hydrogens (tertiary/aromatic N) is 3. The molecule has 1 fully saturated rings. The molecule has 0 saturated heterocycles. The van der Waals surface area contributed by atoms with E-state index in [1.54, 1.807) is 36.4 Å². The maximum absolute atomic E-state index is 13.5. The van der Waals surface area contributed by atoms with Gasteiger partial charge in [-0.1, -0.05) is 54.4 Å². The van der Waals surface area contributed by atoms with Crippen molar-refractivity contribution in [3.63, 3.8) is 0 Å². The van der Waals surface area contributed by atoms with Gasteiger partial charge in [-0.2, -0.15) is 4.98 Å². The predicted molar refractivity (Wildman–Crippen MR) is 134 cm³/mol. The summed E-state index contributed by atoms with van der Waals surface area (Å²) < 4.78 is 33.8. The number of hydrogen-bond acceptors (Lipinski definition) is 6. The van der Waals surface area contributed by atoms with E-state index in [9.17, 15) is 13.2 Å². The molecular weight excluding hydrogens is 464 g/mol. The molecule has 1 aliphatic rings. The average Bonchev–Trinajstić information content (AvgIpc) is 3.56. The van der Waals surface area contributed by atoms with Gasteiger partial charge in [-0.25, -0.2) is 8.42 Å². The Balaban J connectivity index is 1.51. The first-order valence-electron chi connectivity index (χ1n) is 11.9. The lowest BCUT2D eigenvalue weighted by atomic mass is 10.0. The Kier molecular flexibility index (Phi) is 7.25. The van der Waals surface area contributed by atoms with Crippen LogP contribution >= 0.6 is 0 Å². The van der Waals surface area contributed by atoms with Crippen LogP contribution in [0.5, 0.6) is 0 Å². The molecule has 4 rings (SSSR count). The van der Waals surface area contributed by atoms with E-state index in [2.05, 4.69) is 15.5 Å². The topological polar surface area (TPSA) is 105 Å². The molecule has 8 nitrogen and oxygen atoms in total. The summed E-state index contributed by atoms with van der Waals surface area (Å²) in [4.78, 5) is 17.6. The first kappa shape index (κ1) is 24.9. The zero-order chi connectivity index (χ0) is 25.2. The van der Waals surface area contributed by atoms with Gasteiger partial charge >= 0.3 is 0 Å². The van der Waals surface area contributed by atoms with Crippen LogP contribution in [0.2, 0.25) is 0 Å². The smallest absolute Gasteiger partial charge is 0.264 e. The quantitative estimate of drug-likeness (QED) is 0.438. The number of hydrogen-bond donors (Lipinski definition) is 1. The fraction of sp³-hybridized carbons (Fsp3) is 0.423. The van der Waals surface area contributed by atoms with Crippen molar-refractivity contribution in [3.05, 3.63) is 71.4 Å². The number of nitrogens with one attached hydrogen (secondary N) is 1. The Morgan fingerprint density at radius 2 is 1.66 bits per heavy atom. The first-order chi connectivity index (χ1) is 16.6. The molecule has 1 N–H and O–H groups in total. The Bertz CT molecular complexity index is 1260. The maximum atomic E-state index is 13.5. The highest BCUT2D eigenvalue weighted by Crippen LogP contribution is 2.38. The average molecular weight is 497 g/mol. The van der Waals surface area contributed by atoms with Crippen LogP contribution in [0.25, 0.3) is 0 Å². The number of carbonyl (C=O) groups excluding carboxylic acids is 1. The van der Waals surface area contributed by atoms with Crippen molar-refractivity contribution >= 4 is 21.6 Å². The van der Waals surface area contributed by atoms with E-state index in [1.165, 1.54) is 4.31 Å². The number of carbonyl (C=O) groups is 1. The van der Waals surface area contributed by atoms with Gasteiger partial charge in [-0.15, -0.1) is 0 Å². The van der Waals surface area contributed by atoms with E-state index in [4.69, 9.17) is 4.52 Å². The molecule has 1 aliphatic carbocycles. The summed E-state index contributed by atoms with van der Waals surface area (Å²) in [6.07, 6.45) is 2.09. The van der Waals surface area contributed by atoms with Crippen LogP contribution in [0, 0.1) is 19.8 Å². The maximum Gasteiger partial charge on any atom is 0.264 e. The molecule has 2 aromatic carbocycles. The lowest BCUT2D eigenvalue weighted by Crippen LogP contribution is -2.37. The Morgan fingerprint density at radius 3 is 2.23 bits per heavy atom. The van der Waals surface area contributed by atoms with Gasteiger partial charge in [0.05, 0.1) is 10.6 Å². The summed E-state index contributed by atoms with van der Waals surface area (Å²) in [5.41, 5.74) is 2.50. The van der Waals surface area contributed by atoms with Gasteiger partial charge < -0.3 is 9.84 Å². The molecular formula is C26H32N4O4S. The fourth-order valence-electron chi connectivity index (χ4n) is 3.78. The van der Waals surface area contributed by atoms with Gasteiger partial charge in [0.1, 0.15) is 6.04 Å². The van der Waals surface area contributed by atoms with E-state index in [0.29, 0.717) is 23.3 Å². The minimum Gasteiger partial charge on any atom is -0.344 e. The number of benzene rings is 2. The highest BCUT2D eigenvalue weighted by molar-refractivity contribution is 7.92. The van der Waals surface area contributed by atoms with Crippen molar-refractivity contribution in [2.45, 2.75) is 63.8 Å². The second kappa shape index (κ2) is 10.2. The third-order valence-corrected chi connectivity index (χ3v) is 7.96. The zero-order valence-electron chi connectivity index (χ0n) is 20.6. The zero-order valence-corrected chi connectivity index (χ0v) is 21.4. The third-order valence-electron chi connectivity index (χ3n) is 6.12. The lowest BCUT2D eigenvalue weighted by molar-refractivity contribution is -0.122. The van der Waals surface area contributed by atoms with Crippen molar-refractivity contribution in [3.8, 4) is 0 Å². The molecule has 0 bridgehead atoms. The van der Waals surface area contributed by atoms with Crippen molar-refractivity contribution in [1.29, 1.82) is 0 Å². The van der Waals surface area contributed by atoms with E-state index >= 15 is 0 Å². The van der Waals surface area contributed by atoms with Crippen molar-refractivity contribution in [1.82, 2.24) is 15.5 Å². The van der Waals surface area contributed by atoms with Gasteiger partial charge in [0.2, 0.25) is 11.8 Å². The number of rotatable bonds is 10. The summed E-state index contributed by atoms with van der Waals surface area (Å²) in [5, 5.41) is 7.02. The highest BCUT2D eigenvalue weighted by Gasteiger charge is 2.32. The number of sulfonamides is 1. The van der Waals surface area contributed by atoms with E-state index in [-0.39, 0.29) is 29.7 Å². The van der Waals surface area contributed by atoms with Crippen LogP contribution in [0.3, 0.4) is 0 Å². The van der Waals surface area contributed by atoms with Crippen LogP contribution in [0.4, 0.5) is 5.69 Å².